The molecule has 57 heavy (non-hydrogen) atoms. The largest absolute Gasteiger partial charge is 0.535 e. The van der Waals surface area contributed by atoms with E-state index in [0.717, 1.165) is 11.1 Å². The third-order valence-electron chi connectivity index (χ3n) is 9.14. The van der Waals surface area contributed by atoms with Gasteiger partial charge in [0.2, 0.25) is 37.2 Å². The number of hydrogen-bond donors (Lipinski definition) is 3. The lowest BCUT2D eigenvalue weighted by molar-refractivity contribution is -0.163. The molecule has 0 saturated heterocycles. The van der Waals surface area contributed by atoms with E-state index < -0.39 is 74.0 Å². The van der Waals surface area contributed by atoms with Gasteiger partial charge in [-0.2, -0.15) is 0 Å². The predicted octanol–water partition coefficient (Wildman–Crippen LogP) is 4.86. The third kappa shape index (κ3) is 12.2. The fourth-order valence-electron chi connectivity index (χ4n) is 5.96. The van der Waals surface area contributed by atoms with Crippen molar-refractivity contribution in [3.63, 3.8) is 0 Å². The van der Waals surface area contributed by atoms with E-state index in [-0.39, 0.29) is 24.1 Å². The second-order valence-electron chi connectivity index (χ2n) is 16.1. The zero-order valence-electron chi connectivity index (χ0n) is 33.7. The topological polar surface area (TPSA) is 219 Å². The Kier molecular flexibility index (Phi) is 14.5. The Morgan fingerprint density at radius 1 is 0.930 bits per heavy atom. The monoisotopic (exact) mass is 812 g/mol. The average Bonchev–Trinajstić information content (AvgIpc) is 3.46. The molecule has 2 aliphatic rings. The first-order chi connectivity index (χ1) is 26.6. The maximum Gasteiger partial charge on any atom is 0.535 e. The van der Waals surface area contributed by atoms with Gasteiger partial charge < -0.3 is 30.4 Å². The van der Waals surface area contributed by atoms with Crippen LogP contribution in [0.4, 0.5) is 5.69 Å². The number of esters is 2. The summed E-state index contributed by atoms with van der Waals surface area (Å²) in [5.74, 6) is -2.99. The lowest BCUT2D eigenvalue weighted by Crippen LogP contribution is -2.55. The molecule has 0 aliphatic carbocycles. The number of nitrogens with zero attached hydrogens (tertiary/aromatic N) is 1. The molecule has 4 N–H and O–H groups in total. The van der Waals surface area contributed by atoms with Crippen LogP contribution in [0.15, 0.2) is 48.5 Å². The van der Waals surface area contributed by atoms with Crippen molar-refractivity contribution >= 4 is 54.7 Å². The van der Waals surface area contributed by atoms with Gasteiger partial charge in [-0.3, -0.25) is 33.7 Å². The van der Waals surface area contributed by atoms with E-state index in [1.165, 1.54) is 23.1 Å². The average molecular weight is 813 g/mol. The molecule has 17 heteroatoms. The SMILES string of the molecule is C/C(=C\C(=O)N[C@H]1CCc2cccc3c2N(C1=O)[C@H](C(=O)N[C@H](C)CCC(N)=O)C3)c1ccc(OP(=O)(OCOC(=O)C(C)(C)C)OCOC(=O)C(C)(C)C)cc1. The first-order valence-electron chi connectivity index (χ1n) is 18.6. The Morgan fingerprint density at radius 3 is 2.07 bits per heavy atom. The number of aryl methyl sites for hydroxylation is 1. The van der Waals surface area contributed by atoms with Gasteiger partial charge >= 0.3 is 19.8 Å². The standard InChI is InChI=1S/C40H53N4O12P/c1-24(26-13-16-29(17-14-26)56-57(51,54-22-52-37(49)39(3,4)5)55-23-53-38(50)40(6,7)8)20-33(46)43-30-18-15-27-10-9-11-28-21-31(44(34(27)28)36(30)48)35(47)42-25(2)12-19-32(41)45/h9-11,13-14,16-17,20,25,30-31H,12,15,18-19,21-23H2,1-8H3,(H2,41,45)(H,42,47)(H,43,46)/b24-20+/t25-,30+,31+/m1/s1. The normalized spacial score (nSPS) is 17.5. The maximum atomic E-state index is 14.1. The number of para-hydroxylation sites is 1. The maximum absolute atomic E-state index is 14.1. The van der Waals surface area contributed by atoms with Crippen LogP contribution < -0.4 is 25.8 Å². The Balaban J connectivity index is 1.44. The molecule has 2 heterocycles. The van der Waals surface area contributed by atoms with E-state index in [4.69, 9.17) is 28.8 Å². The lowest BCUT2D eigenvalue weighted by Gasteiger charge is -2.28. The third-order valence-corrected chi connectivity index (χ3v) is 10.4. The molecule has 4 rings (SSSR count). The molecule has 0 radical (unpaired) electrons. The molecule has 0 fully saturated rings. The van der Waals surface area contributed by atoms with E-state index in [9.17, 15) is 33.3 Å². The second kappa shape index (κ2) is 18.5. The van der Waals surface area contributed by atoms with Crippen molar-refractivity contribution in [3.05, 3.63) is 65.2 Å². The summed E-state index contributed by atoms with van der Waals surface area (Å²) in [4.78, 5) is 78.0. The fraction of sp³-hybridized carbons (Fsp3) is 0.500. The Hall–Kier alpha value is -5.05. The minimum atomic E-state index is -4.51. The number of anilines is 1. The summed E-state index contributed by atoms with van der Waals surface area (Å²) in [6.07, 6.45) is 2.93. The number of nitrogens with two attached hydrogens (primary N) is 1. The van der Waals surface area contributed by atoms with Crippen LogP contribution in [0.25, 0.3) is 5.57 Å². The second-order valence-corrected chi connectivity index (χ2v) is 17.7. The molecule has 0 bridgehead atoms. The van der Waals surface area contributed by atoms with Crippen molar-refractivity contribution in [1.29, 1.82) is 0 Å². The number of phosphoric acid groups is 1. The van der Waals surface area contributed by atoms with Gasteiger partial charge in [-0.05, 0) is 109 Å². The highest BCUT2D eigenvalue weighted by Crippen LogP contribution is 2.50. The molecule has 16 nitrogen and oxygen atoms in total. The highest BCUT2D eigenvalue weighted by atomic mass is 31.2. The summed E-state index contributed by atoms with van der Waals surface area (Å²) in [6, 6.07) is 9.67. The van der Waals surface area contributed by atoms with Crippen LogP contribution in [0.2, 0.25) is 0 Å². The number of benzene rings is 2. The lowest BCUT2D eigenvalue weighted by atomic mass is 9.98. The van der Waals surface area contributed by atoms with Gasteiger partial charge in [0.05, 0.1) is 16.5 Å². The molecule has 3 atom stereocenters. The van der Waals surface area contributed by atoms with E-state index in [0.29, 0.717) is 42.5 Å². The Labute approximate surface area is 332 Å². The molecule has 2 aromatic rings. The first-order valence-corrected chi connectivity index (χ1v) is 20.1. The summed E-state index contributed by atoms with van der Waals surface area (Å²) >= 11 is 0. The number of ether oxygens (including phenoxy) is 2. The quantitative estimate of drug-likeness (QED) is 0.0896. The highest BCUT2D eigenvalue weighted by Gasteiger charge is 2.44. The molecule has 2 aliphatic heterocycles. The van der Waals surface area contributed by atoms with Crippen LogP contribution >= 0.6 is 7.82 Å². The number of rotatable bonds is 16. The number of primary amides is 1. The van der Waals surface area contributed by atoms with E-state index in [1.54, 1.807) is 67.5 Å². The molecule has 310 valence electrons. The van der Waals surface area contributed by atoms with Gasteiger partial charge in [0.15, 0.2) is 0 Å². The minimum Gasteiger partial charge on any atom is -0.437 e. The van der Waals surface area contributed by atoms with E-state index in [2.05, 4.69) is 10.6 Å². The van der Waals surface area contributed by atoms with Crippen molar-refractivity contribution < 1.29 is 56.4 Å². The highest BCUT2D eigenvalue weighted by molar-refractivity contribution is 7.48. The number of phosphoric ester groups is 1. The molecule has 0 saturated carbocycles. The smallest absolute Gasteiger partial charge is 0.437 e. The van der Waals surface area contributed by atoms with Crippen molar-refractivity contribution in [1.82, 2.24) is 10.6 Å². The number of nitrogens with one attached hydrogen (secondary N) is 2. The van der Waals surface area contributed by atoms with E-state index in [1.807, 2.05) is 18.2 Å². The minimum absolute atomic E-state index is 0.0260. The molecule has 0 aromatic heterocycles. The van der Waals surface area contributed by atoms with Gasteiger partial charge in [0.1, 0.15) is 17.8 Å². The van der Waals surface area contributed by atoms with Crippen molar-refractivity contribution in [2.75, 3.05) is 18.5 Å². The van der Waals surface area contributed by atoms with Gasteiger partial charge in [-0.1, -0.05) is 30.3 Å². The molecule has 4 amide bonds. The Bertz CT molecular complexity index is 1900. The number of carbonyl (C=O) groups excluding carboxylic acids is 6. The van der Waals surface area contributed by atoms with Crippen molar-refractivity contribution in [2.24, 2.45) is 16.6 Å². The van der Waals surface area contributed by atoms with Gasteiger partial charge in [-0.25, -0.2) is 13.6 Å². The number of allylic oxidation sites excluding steroid dienone is 1. The summed E-state index contributed by atoms with van der Waals surface area (Å²) in [7, 11) is -4.51. The zero-order valence-corrected chi connectivity index (χ0v) is 34.6. The molecular weight excluding hydrogens is 759 g/mol. The Morgan fingerprint density at radius 2 is 1.51 bits per heavy atom. The van der Waals surface area contributed by atoms with Crippen LogP contribution in [0, 0.1) is 10.8 Å². The molecular formula is C40H53N4O12P. The van der Waals surface area contributed by atoms with Gasteiger partial charge in [0.25, 0.3) is 0 Å². The fourth-order valence-corrected chi connectivity index (χ4v) is 6.88. The summed E-state index contributed by atoms with van der Waals surface area (Å²) < 4.78 is 39.6. The number of amides is 4. The van der Waals surface area contributed by atoms with Crippen molar-refractivity contribution in [3.8, 4) is 5.75 Å². The molecule has 2 aromatic carbocycles. The summed E-state index contributed by atoms with van der Waals surface area (Å²) in [5, 5.41) is 5.73. The molecule has 0 unspecified atom stereocenters. The van der Waals surface area contributed by atoms with Crippen LogP contribution in [0.3, 0.4) is 0 Å². The van der Waals surface area contributed by atoms with Gasteiger partial charge in [-0.15, -0.1) is 0 Å². The van der Waals surface area contributed by atoms with Crippen LogP contribution in [-0.4, -0.2) is 67.3 Å². The van der Waals surface area contributed by atoms with Gasteiger partial charge in [0, 0.05) is 25.0 Å². The summed E-state index contributed by atoms with van der Waals surface area (Å²) in [6.45, 7) is 11.7. The van der Waals surface area contributed by atoms with Crippen LogP contribution in [0.1, 0.15) is 91.3 Å². The first kappa shape index (κ1) is 44.7. The zero-order chi connectivity index (χ0) is 42.3. The number of hydrogen-bond acceptors (Lipinski definition) is 12. The van der Waals surface area contributed by atoms with Crippen molar-refractivity contribution in [2.45, 2.75) is 106 Å². The van der Waals surface area contributed by atoms with Crippen LogP contribution in [0.5, 0.6) is 5.75 Å². The molecule has 0 spiro atoms. The van der Waals surface area contributed by atoms with E-state index >= 15 is 0 Å². The van der Waals surface area contributed by atoms with Crippen LogP contribution in [-0.2, 0) is 64.7 Å². The summed E-state index contributed by atoms with van der Waals surface area (Å²) in [5.41, 5.74) is 7.11. The predicted molar refractivity (Wildman–Crippen MR) is 209 cm³/mol. The number of carbonyl (C=O) groups is 6.